The zero-order valence-electron chi connectivity index (χ0n) is 11.1. The smallest absolute Gasteiger partial charge is 0.271 e. The molecule has 4 N–H and O–H groups in total. The summed E-state index contributed by atoms with van der Waals surface area (Å²) < 4.78 is 0. The maximum Gasteiger partial charge on any atom is 0.271 e. The first-order valence-corrected chi connectivity index (χ1v) is 6.18. The molecule has 0 aliphatic heterocycles. The summed E-state index contributed by atoms with van der Waals surface area (Å²) in [7, 11) is 0. The van der Waals surface area contributed by atoms with E-state index in [0.717, 1.165) is 13.0 Å². The number of rotatable bonds is 7. The van der Waals surface area contributed by atoms with Gasteiger partial charge >= 0.3 is 0 Å². The number of hydrogen-bond donors (Lipinski definition) is 3. The lowest BCUT2D eigenvalue weighted by molar-refractivity contribution is -0.118. The number of hydrogen-bond acceptors (Lipinski definition) is 5. The molecule has 0 bridgehead atoms. The molecule has 104 valence electrons. The lowest BCUT2D eigenvalue weighted by Gasteiger charge is -2.11. The van der Waals surface area contributed by atoms with Gasteiger partial charge in [0.25, 0.3) is 5.91 Å². The molecule has 0 radical (unpaired) electrons. The van der Waals surface area contributed by atoms with Crippen molar-refractivity contribution in [1.29, 1.82) is 0 Å². The van der Waals surface area contributed by atoms with E-state index in [1.165, 1.54) is 6.20 Å². The molecule has 1 aromatic rings. The van der Waals surface area contributed by atoms with Crippen molar-refractivity contribution in [1.82, 2.24) is 15.3 Å². The molecule has 2 amide bonds. The predicted molar refractivity (Wildman–Crippen MR) is 71.6 cm³/mol. The minimum Gasteiger partial charge on any atom is -0.370 e. The third-order valence-electron chi connectivity index (χ3n) is 2.31. The molecule has 0 aliphatic rings. The highest BCUT2D eigenvalue weighted by Gasteiger charge is 2.13. The normalized spacial score (nSPS) is 11.7. The van der Waals surface area contributed by atoms with Crippen LogP contribution in [0.2, 0.25) is 0 Å². The van der Waals surface area contributed by atoms with Crippen LogP contribution < -0.4 is 16.4 Å². The van der Waals surface area contributed by atoms with Crippen LogP contribution in [-0.2, 0) is 4.79 Å². The molecular formula is C12H19N5O2. The Morgan fingerprint density at radius 1 is 1.42 bits per heavy atom. The molecule has 7 nitrogen and oxygen atoms in total. The highest BCUT2D eigenvalue weighted by Crippen LogP contribution is 2.03. The number of carbonyl (C=O) groups is 2. The highest BCUT2D eigenvalue weighted by atomic mass is 16.2. The van der Waals surface area contributed by atoms with E-state index in [4.69, 9.17) is 5.73 Å². The maximum absolute atomic E-state index is 11.9. The number of carbonyl (C=O) groups excluding carboxylic acids is 2. The Bertz CT molecular complexity index is 450. The molecule has 1 rings (SSSR count). The van der Waals surface area contributed by atoms with Gasteiger partial charge in [-0.15, -0.1) is 0 Å². The molecule has 0 aromatic carbocycles. The minimum absolute atomic E-state index is 0.0902. The number of nitrogens with two attached hydrogens (primary N) is 1. The molecule has 0 saturated carbocycles. The van der Waals surface area contributed by atoms with Crippen molar-refractivity contribution in [2.75, 3.05) is 11.9 Å². The van der Waals surface area contributed by atoms with Gasteiger partial charge in [0.15, 0.2) is 0 Å². The van der Waals surface area contributed by atoms with E-state index in [1.807, 2.05) is 6.92 Å². The number of anilines is 1. The van der Waals surface area contributed by atoms with E-state index in [9.17, 15) is 9.59 Å². The zero-order chi connectivity index (χ0) is 14.3. The van der Waals surface area contributed by atoms with Crippen molar-refractivity contribution in [3.63, 3.8) is 0 Å². The summed E-state index contributed by atoms with van der Waals surface area (Å²) in [6, 6.07) is -0.334. The Morgan fingerprint density at radius 3 is 2.79 bits per heavy atom. The lowest BCUT2D eigenvalue weighted by Crippen LogP contribution is -2.36. The van der Waals surface area contributed by atoms with Gasteiger partial charge in [-0.3, -0.25) is 14.6 Å². The Kier molecular flexibility index (Phi) is 5.72. The molecule has 1 heterocycles. The van der Waals surface area contributed by atoms with Crippen LogP contribution in [0.1, 0.15) is 37.2 Å². The van der Waals surface area contributed by atoms with Crippen molar-refractivity contribution in [2.45, 2.75) is 32.7 Å². The largest absolute Gasteiger partial charge is 0.370 e. The number of aromatic nitrogens is 2. The lowest BCUT2D eigenvalue weighted by atomic mass is 10.2. The van der Waals surface area contributed by atoms with E-state index in [-0.39, 0.29) is 24.1 Å². The fourth-order valence-electron chi connectivity index (χ4n) is 1.46. The summed E-state index contributed by atoms with van der Waals surface area (Å²) in [6.07, 6.45) is 3.98. The van der Waals surface area contributed by atoms with Crippen molar-refractivity contribution >= 4 is 17.6 Å². The standard InChI is InChI=1S/C12H19N5O2/c1-3-4-15-11-7-14-6-9(17-11)12(19)16-8(2)5-10(13)18/h6-8H,3-5H2,1-2H3,(H2,13,18)(H,15,17)(H,16,19). The molecule has 7 heteroatoms. The van der Waals surface area contributed by atoms with Crippen LogP contribution in [0.5, 0.6) is 0 Å². The Hall–Kier alpha value is -2.18. The van der Waals surface area contributed by atoms with Gasteiger partial charge in [0.1, 0.15) is 11.5 Å². The van der Waals surface area contributed by atoms with Crippen LogP contribution >= 0.6 is 0 Å². The molecule has 1 unspecified atom stereocenters. The number of amides is 2. The highest BCUT2D eigenvalue weighted by molar-refractivity contribution is 5.92. The summed E-state index contributed by atoms with van der Waals surface area (Å²) in [4.78, 5) is 30.7. The molecule has 1 aromatic heterocycles. The Labute approximate surface area is 112 Å². The summed E-state index contributed by atoms with van der Waals surface area (Å²) in [5.41, 5.74) is 5.26. The van der Waals surface area contributed by atoms with Gasteiger partial charge in [-0.2, -0.15) is 0 Å². The Morgan fingerprint density at radius 2 is 2.16 bits per heavy atom. The first kappa shape index (κ1) is 14.9. The second-order valence-corrected chi connectivity index (χ2v) is 4.26. The summed E-state index contributed by atoms with van der Waals surface area (Å²) in [5.74, 6) is -0.282. The molecule has 0 saturated heterocycles. The van der Waals surface area contributed by atoms with Gasteiger partial charge in [-0.25, -0.2) is 4.98 Å². The summed E-state index contributed by atoms with van der Waals surface area (Å²) >= 11 is 0. The van der Waals surface area contributed by atoms with E-state index in [0.29, 0.717) is 5.82 Å². The maximum atomic E-state index is 11.9. The number of primary amides is 1. The van der Waals surface area contributed by atoms with Gasteiger partial charge in [0.05, 0.1) is 12.4 Å². The molecular weight excluding hydrogens is 246 g/mol. The minimum atomic E-state index is -0.461. The molecule has 0 aliphatic carbocycles. The van der Waals surface area contributed by atoms with E-state index in [1.54, 1.807) is 13.1 Å². The molecule has 0 fully saturated rings. The molecule has 19 heavy (non-hydrogen) atoms. The van der Waals surface area contributed by atoms with Gasteiger partial charge in [0.2, 0.25) is 5.91 Å². The van der Waals surface area contributed by atoms with Crippen LogP contribution in [0.25, 0.3) is 0 Å². The van der Waals surface area contributed by atoms with E-state index < -0.39 is 5.91 Å². The topological polar surface area (TPSA) is 110 Å². The predicted octanol–water partition coefficient (Wildman–Crippen LogP) is 0.292. The van der Waals surface area contributed by atoms with Crippen LogP contribution in [0.15, 0.2) is 12.4 Å². The van der Waals surface area contributed by atoms with E-state index >= 15 is 0 Å². The first-order chi connectivity index (χ1) is 9.02. The van der Waals surface area contributed by atoms with E-state index in [2.05, 4.69) is 20.6 Å². The van der Waals surface area contributed by atoms with Crippen molar-refractivity contribution in [3.05, 3.63) is 18.1 Å². The summed E-state index contributed by atoms with van der Waals surface area (Å²) in [6.45, 7) is 4.50. The average Bonchev–Trinajstić information content (AvgIpc) is 2.35. The first-order valence-electron chi connectivity index (χ1n) is 6.18. The van der Waals surface area contributed by atoms with Crippen LogP contribution in [0, 0.1) is 0 Å². The quantitative estimate of drug-likeness (QED) is 0.656. The third-order valence-corrected chi connectivity index (χ3v) is 2.31. The second-order valence-electron chi connectivity index (χ2n) is 4.26. The van der Waals surface area contributed by atoms with Gasteiger partial charge in [-0.05, 0) is 13.3 Å². The summed E-state index contributed by atoms with van der Waals surface area (Å²) in [5, 5.41) is 5.69. The zero-order valence-corrected chi connectivity index (χ0v) is 11.1. The average molecular weight is 265 g/mol. The second kappa shape index (κ2) is 7.30. The van der Waals surface area contributed by atoms with Crippen molar-refractivity contribution in [3.8, 4) is 0 Å². The van der Waals surface area contributed by atoms with Gasteiger partial charge in [-0.1, -0.05) is 6.92 Å². The third kappa shape index (κ3) is 5.33. The molecule has 1 atom stereocenters. The molecule has 0 spiro atoms. The SMILES string of the molecule is CCCNc1cncc(C(=O)NC(C)CC(N)=O)n1. The number of nitrogens with zero attached hydrogens (tertiary/aromatic N) is 2. The van der Waals surface area contributed by atoms with Crippen molar-refractivity contribution in [2.24, 2.45) is 5.73 Å². The van der Waals surface area contributed by atoms with Crippen LogP contribution in [-0.4, -0.2) is 34.4 Å². The fraction of sp³-hybridized carbons (Fsp3) is 0.500. The van der Waals surface area contributed by atoms with Gasteiger partial charge in [0, 0.05) is 19.0 Å². The van der Waals surface area contributed by atoms with Gasteiger partial charge < -0.3 is 16.4 Å². The van der Waals surface area contributed by atoms with Crippen molar-refractivity contribution < 1.29 is 9.59 Å². The van der Waals surface area contributed by atoms with Crippen LogP contribution in [0.3, 0.4) is 0 Å². The number of nitrogens with one attached hydrogen (secondary N) is 2. The fourth-order valence-corrected chi connectivity index (χ4v) is 1.46. The Balaban J connectivity index is 2.63. The monoisotopic (exact) mass is 265 g/mol. The van der Waals surface area contributed by atoms with Crippen LogP contribution in [0.4, 0.5) is 5.82 Å².